The summed E-state index contributed by atoms with van der Waals surface area (Å²) in [6, 6.07) is 0.0509. The third kappa shape index (κ3) is 4.97. The number of likely N-dealkylation sites (N-methyl/N-ethyl adjacent to an activating group) is 2. The zero-order valence-electron chi connectivity index (χ0n) is 13.5. The minimum atomic E-state index is -0.167. The Balaban J connectivity index is 0.000000211. The van der Waals surface area contributed by atoms with Gasteiger partial charge in [0.15, 0.2) is 0 Å². The maximum atomic E-state index is 11.1. The Hall–Kier alpha value is -1.14. The lowest BCUT2D eigenvalue weighted by atomic mass is 10.2. The van der Waals surface area contributed by atoms with Gasteiger partial charge in [0.05, 0.1) is 13.2 Å². The van der Waals surface area contributed by atoms with Crippen molar-refractivity contribution in [2.45, 2.75) is 51.6 Å². The molecule has 21 heavy (non-hydrogen) atoms. The highest BCUT2D eigenvalue weighted by atomic mass is 16.5. The van der Waals surface area contributed by atoms with Gasteiger partial charge in [0.2, 0.25) is 5.91 Å². The summed E-state index contributed by atoms with van der Waals surface area (Å²) in [5.41, 5.74) is 5.18. The molecule has 6 heteroatoms. The molecule has 2 aliphatic rings. The van der Waals surface area contributed by atoms with Crippen molar-refractivity contribution in [2.75, 3.05) is 33.3 Å². The second kappa shape index (κ2) is 9.00. The zero-order valence-corrected chi connectivity index (χ0v) is 13.5. The van der Waals surface area contributed by atoms with E-state index in [1.165, 1.54) is 7.11 Å². The molecule has 2 unspecified atom stereocenters. The summed E-state index contributed by atoms with van der Waals surface area (Å²) in [5.74, 6) is -0.247. The average molecular weight is 299 g/mol. The smallest absolute Gasteiger partial charge is 0.323 e. The highest BCUT2D eigenvalue weighted by Gasteiger charge is 2.29. The Labute approximate surface area is 127 Å². The molecule has 2 fully saturated rings. The minimum Gasteiger partial charge on any atom is -0.468 e. The molecular formula is C15H29N3O3. The molecule has 2 saturated heterocycles. The van der Waals surface area contributed by atoms with Crippen LogP contribution in [0.3, 0.4) is 0 Å². The van der Waals surface area contributed by atoms with E-state index in [2.05, 4.69) is 28.4 Å². The molecule has 0 spiro atoms. The first-order chi connectivity index (χ1) is 10.0. The first kappa shape index (κ1) is 17.9. The zero-order chi connectivity index (χ0) is 15.8. The number of rotatable bonds is 4. The van der Waals surface area contributed by atoms with Crippen LogP contribution < -0.4 is 5.73 Å². The number of carbonyl (C=O) groups excluding carboxylic acids is 2. The Morgan fingerprint density at radius 1 is 1.05 bits per heavy atom. The summed E-state index contributed by atoms with van der Waals surface area (Å²) in [7, 11) is 1.45. The van der Waals surface area contributed by atoms with Gasteiger partial charge >= 0.3 is 5.97 Å². The normalized spacial score (nSPS) is 26.2. The first-order valence-corrected chi connectivity index (χ1v) is 7.90. The van der Waals surface area contributed by atoms with E-state index in [4.69, 9.17) is 5.73 Å². The summed E-state index contributed by atoms with van der Waals surface area (Å²) >= 11 is 0. The molecule has 2 rings (SSSR count). The molecule has 0 aromatic heterocycles. The lowest BCUT2D eigenvalue weighted by molar-refractivity contribution is -0.145. The van der Waals surface area contributed by atoms with E-state index in [1.807, 2.05) is 0 Å². The predicted octanol–water partition coefficient (Wildman–Crippen LogP) is 0.600. The van der Waals surface area contributed by atoms with Crippen molar-refractivity contribution in [1.82, 2.24) is 9.80 Å². The molecule has 2 heterocycles. The first-order valence-electron chi connectivity index (χ1n) is 7.90. The van der Waals surface area contributed by atoms with E-state index in [1.54, 1.807) is 0 Å². The molecule has 0 aromatic rings. The van der Waals surface area contributed by atoms with Crippen molar-refractivity contribution in [1.29, 1.82) is 0 Å². The van der Waals surface area contributed by atoms with Gasteiger partial charge in [-0.15, -0.1) is 0 Å². The standard InChI is InChI=1S/C8H15NO2.C7H14N2O/c1-3-9-6-4-5-7(9)8(10)11-2;1-2-9-5-3-4-6(9)7(8)10/h7H,3-6H2,1-2H3;6H,2-5H2,1H3,(H2,8,10). The van der Waals surface area contributed by atoms with Gasteiger partial charge in [0.25, 0.3) is 0 Å². The molecule has 2 N–H and O–H groups in total. The van der Waals surface area contributed by atoms with Crippen LogP contribution in [0.2, 0.25) is 0 Å². The van der Waals surface area contributed by atoms with Gasteiger partial charge in [-0.05, 0) is 51.9 Å². The molecule has 6 nitrogen and oxygen atoms in total. The van der Waals surface area contributed by atoms with Crippen molar-refractivity contribution in [3.8, 4) is 0 Å². The lowest BCUT2D eigenvalue weighted by Gasteiger charge is -2.19. The van der Waals surface area contributed by atoms with Crippen LogP contribution in [-0.2, 0) is 14.3 Å². The summed E-state index contributed by atoms with van der Waals surface area (Å²) in [5, 5.41) is 0. The van der Waals surface area contributed by atoms with Crippen LogP contribution in [0.5, 0.6) is 0 Å². The second-order valence-corrected chi connectivity index (χ2v) is 5.50. The largest absolute Gasteiger partial charge is 0.468 e. The highest BCUT2D eigenvalue weighted by Crippen LogP contribution is 2.17. The number of ether oxygens (including phenoxy) is 1. The third-order valence-electron chi connectivity index (χ3n) is 4.34. The Morgan fingerprint density at radius 3 is 1.90 bits per heavy atom. The molecule has 0 bridgehead atoms. The number of hydrogen-bond donors (Lipinski definition) is 1. The van der Waals surface area contributed by atoms with Crippen molar-refractivity contribution in [2.24, 2.45) is 5.73 Å². The van der Waals surface area contributed by atoms with Gasteiger partial charge in [-0.2, -0.15) is 0 Å². The SMILES string of the molecule is CCN1CCCC1C(=O)OC.CCN1CCCC1C(N)=O. The van der Waals surface area contributed by atoms with Crippen molar-refractivity contribution >= 4 is 11.9 Å². The summed E-state index contributed by atoms with van der Waals surface area (Å²) in [6.07, 6.45) is 4.14. The average Bonchev–Trinajstić information content (AvgIpc) is 3.14. The van der Waals surface area contributed by atoms with E-state index in [-0.39, 0.29) is 24.0 Å². The molecule has 0 aliphatic carbocycles. The topological polar surface area (TPSA) is 75.9 Å². The van der Waals surface area contributed by atoms with E-state index >= 15 is 0 Å². The van der Waals surface area contributed by atoms with Gasteiger partial charge in [-0.25, -0.2) is 0 Å². The number of carbonyl (C=O) groups is 2. The number of esters is 1. The van der Waals surface area contributed by atoms with E-state index < -0.39 is 0 Å². The highest BCUT2D eigenvalue weighted by molar-refractivity contribution is 5.80. The van der Waals surface area contributed by atoms with E-state index in [9.17, 15) is 9.59 Å². The fourth-order valence-electron chi connectivity index (χ4n) is 3.13. The van der Waals surface area contributed by atoms with Crippen LogP contribution in [-0.4, -0.2) is 67.0 Å². The molecule has 0 radical (unpaired) electrons. The van der Waals surface area contributed by atoms with Crippen molar-refractivity contribution in [3.05, 3.63) is 0 Å². The van der Waals surface area contributed by atoms with Crippen LogP contribution in [0.25, 0.3) is 0 Å². The number of methoxy groups -OCH3 is 1. The number of primary amides is 1. The second-order valence-electron chi connectivity index (χ2n) is 5.50. The fourth-order valence-corrected chi connectivity index (χ4v) is 3.13. The Bertz CT molecular complexity index is 349. The van der Waals surface area contributed by atoms with Gasteiger partial charge < -0.3 is 10.5 Å². The molecule has 1 amide bonds. The lowest BCUT2D eigenvalue weighted by Crippen LogP contribution is -2.39. The van der Waals surface area contributed by atoms with Gasteiger partial charge in [-0.3, -0.25) is 19.4 Å². The quantitative estimate of drug-likeness (QED) is 0.769. The number of amides is 1. The maximum Gasteiger partial charge on any atom is 0.323 e. The summed E-state index contributed by atoms with van der Waals surface area (Å²) in [6.45, 7) is 8.08. The van der Waals surface area contributed by atoms with E-state index in [0.717, 1.165) is 51.9 Å². The van der Waals surface area contributed by atoms with Crippen LogP contribution in [0, 0.1) is 0 Å². The summed E-state index contributed by atoms with van der Waals surface area (Å²) in [4.78, 5) is 26.2. The minimum absolute atomic E-state index is 0.0185. The fraction of sp³-hybridized carbons (Fsp3) is 0.867. The molecule has 122 valence electrons. The third-order valence-corrected chi connectivity index (χ3v) is 4.34. The van der Waals surface area contributed by atoms with E-state index in [0.29, 0.717) is 0 Å². The number of nitrogens with zero attached hydrogens (tertiary/aromatic N) is 2. The Morgan fingerprint density at radius 2 is 1.52 bits per heavy atom. The Kier molecular flexibility index (Phi) is 7.67. The van der Waals surface area contributed by atoms with Crippen LogP contribution >= 0.6 is 0 Å². The van der Waals surface area contributed by atoms with Crippen LogP contribution in [0.1, 0.15) is 39.5 Å². The van der Waals surface area contributed by atoms with Crippen molar-refractivity contribution < 1.29 is 14.3 Å². The molecule has 0 aromatic carbocycles. The summed E-state index contributed by atoms with van der Waals surface area (Å²) < 4.78 is 4.69. The maximum absolute atomic E-state index is 11.1. The predicted molar refractivity (Wildman–Crippen MR) is 81.7 cm³/mol. The monoisotopic (exact) mass is 299 g/mol. The van der Waals surface area contributed by atoms with Gasteiger partial charge in [0, 0.05) is 0 Å². The number of likely N-dealkylation sites (tertiary alicyclic amines) is 2. The van der Waals surface area contributed by atoms with Crippen molar-refractivity contribution in [3.63, 3.8) is 0 Å². The molecule has 2 atom stereocenters. The van der Waals surface area contributed by atoms with Crippen LogP contribution in [0.4, 0.5) is 0 Å². The number of nitrogens with two attached hydrogens (primary N) is 1. The molecule has 2 aliphatic heterocycles. The van der Waals surface area contributed by atoms with Gasteiger partial charge in [-0.1, -0.05) is 13.8 Å². The number of hydrogen-bond acceptors (Lipinski definition) is 5. The van der Waals surface area contributed by atoms with Gasteiger partial charge in [0.1, 0.15) is 6.04 Å². The molecule has 0 saturated carbocycles. The van der Waals surface area contributed by atoms with Crippen LogP contribution in [0.15, 0.2) is 0 Å². The molecular weight excluding hydrogens is 270 g/mol.